The lowest BCUT2D eigenvalue weighted by Crippen LogP contribution is -2.29. The Morgan fingerprint density at radius 2 is 1.94 bits per heavy atom. The van der Waals surface area contributed by atoms with Crippen LogP contribution in [-0.4, -0.2) is 38.0 Å². The lowest BCUT2D eigenvalue weighted by Gasteiger charge is -2.11. The van der Waals surface area contributed by atoms with Gasteiger partial charge in [-0.25, -0.2) is 8.42 Å². The number of aliphatic hydroxyl groups excluding tert-OH is 1. The molecule has 1 atom stereocenters. The molecule has 0 aliphatic rings. The minimum Gasteiger partial charge on any atom is -0.387 e. The van der Waals surface area contributed by atoms with E-state index in [0.29, 0.717) is 5.56 Å². The van der Waals surface area contributed by atoms with E-state index in [1.54, 1.807) is 24.3 Å². The molecular formula is C12H17NO4S. The summed E-state index contributed by atoms with van der Waals surface area (Å²) < 4.78 is 21.7. The van der Waals surface area contributed by atoms with Crippen molar-refractivity contribution in [3.8, 4) is 0 Å². The lowest BCUT2D eigenvalue weighted by atomic mass is 10.1. The first-order valence-electron chi connectivity index (χ1n) is 5.56. The molecule has 0 aliphatic heterocycles. The minimum atomic E-state index is -3.13. The maximum absolute atomic E-state index is 11.3. The lowest BCUT2D eigenvalue weighted by molar-refractivity contribution is -0.121. The zero-order valence-electron chi connectivity index (χ0n) is 10.2. The van der Waals surface area contributed by atoms with Crippen LogP contribution in [0.2, 0.25) is 0 Å². The topological polar surface area (TPSA) is 83.5 Å². The molecule has 5 nitrogen and oxygen atoms in total. The number of nitrogens with one attached hydrogen (secondary N) is 1. The van der Waals surface area contributed by atoms with Gasteiger partial charge in [-0.3, -0.25) is 4.79 Å². The van der Waals surface area contributed by atoms with Crippen LogP contribution in [0.3, 0.4) is 0 Å². The third kappa shape index (κ3) is 5.79. The van der Waals surface area contributed by atoms with Crippen LogP contribution >= 0.6 is 0 Å². The molecule has 1 aromatic carbocycles. The van der Waals surface area contributed by atoms with Gasteiger partial charge in [0.25, 0.3) is 0 Å². The van der Waals surface area contributed by atoms with Crippen LogP contribution in [0, 0.1) is 0 Å². The Balaban J connectivity index is 2.35. The molecular weight excluding hydrogens is 254 g/mol. The fraction of sp³-hybridized carbons (Fsp3) is 0.417. The number of carbonyl (C=O) groups is 1. The highest BCUT2D eigenvalue weighted by molar-refractivity contribution is 7.90. The van der Waals surface area contributed by atoms with Crippen molar-refractivity contribution in [2.75, 3.05) is 18.6 Å². The third-order valence-electron chi connectivity index (χ3n) is 2.38. The molecule has 100 valence electrons. The third-order valence-corrected chi connectivity index (χ3v) is 3.32. The van der Waals surface area contributed by atoms with E-state index < -0.39 is 15.9 Å². The van der Waals surface area contributed by atoms with Crippen LogP contribution in [0.1, 0.15) is 18.1 Å². The number of aliphatic hydroxyl groups is 1. The fourth-order valence-corrected chi connectivity index (χ4v) is 1.93. The molecule has 2 N–H and O–H groups in total. The minimum absolute atomic E-state index is 0.0760. The van der Waals surface area contributed by atoms with Gasteiger partial charge in [-0.05, 0) is 5.56 Å². The number of rotatable bonds is 6. The largest absolute Gasteiger partial charge is 0.387 e. The van der Waals surface area contributed by atoms with Crippen molar-refractivity contribution < 1.29 is 18.3 Å². The van der Waals surface area contributed by atoms with Gasteiger partial charge in [0, 0.05) is 19.2 Å². The van der Waals surface area contributed by atoms with Crippen LogP contribution in [0.25, 0.3) is 0 Å². The first-order valence-corrected chi connectivity index (χ1v) is 7.62. The highest BCUT2D eigenvalue weighted by Crippen LogP contribution is 2.10. The maximum Gasteiger partial charge on any atom is 0.221 e. The fourth-order valence-electron chi connectivity index (χ4n) is 1.37. The van der Waals surface area contributed by atoms with Gasteiger partial charge >= 0.3 is 0 Å². The van der Waals surface area contributed by atoms with E-state index in [1.165, 1.54) is 0 Å². The van der Waals surface area contributed by atoms with E-state index in [1.807, 2.05) is 6.07 Å². The summed E-state index contributed by atoms with van der Waals surface area (Å²) in [7, 11) is -3.13. The highest BCUT2D eigenvalue weighted by atomic mass is 32.2. The second kappa shape index (κ2) is 6.51. The number of carbonyl (C=O) groups excluding carboxylic acids is 1. The zero-order valence-corrected chi connectivity index (χ0v) is 11.0. The monoisotopic (exact) mass is 271 g/mol. The number of hydrogen-bond donors (Lipinski definition) is 2. The molecule has 0 saturated heterocycles. The van der Waals surface area contributed by atoms with Crippen molar-refractivity contribution in [1.29, 1.82) is 0 Å². The van der Waals surface area contributed by atoms with Crippen molar-refractivity contribution in [3.05, 3.63) is 35.9 Å². The van der Waals surface area contributed by atoms with E-state index in [0.717, 1.165) is 6.26 Å². The Labute approximate surface area is 107 Å². The van der Waals surface area contributed by atoms with E-state index in [4.69, 9.17) is 0 Å². The molecule has 6 heteroatoms. The Morgan fingerprint density at radius 3 is 2.50 bits per heavy atom. The van der Waals surface area contributed by atoms with Crippen molar-refractivity contribution in [3.63, 3.8) is 0 Å². The quantitative estimate of drug-likeness (QED) is 0.778. The van der Waals surface area contributed by atoms with Crippen LogP contribution in [-0.2, 0) is 14.6 Å². The summed E-state index contributed by atoms with van der Waals surface area (Å²) in [5.41, 5.74) is 0.709. The van der Waals surface area contributed by atoms with Crippen molar-refractivity contribution in [2.24, 2.45) is 0 Å². The summed E-state index contributed by atoms with van der Waals surface area (Å²) in [5.74, 6) is -0.560. The van der Waals surface area contributed by atoms with E-state index in [2.05, 4.69) is 5.32 Å². The molecule has 0 bridgehead atoms. The van der Waals surface area contributed by atoms with E-state index >= 15 is 0 Å². The molecule has 1 rings (SSSR count). The van der Waals surface area contributed by atoms with Gasteiger partial charge in [0.15, 0.2) is 0 Å². The van der Waals surface area contributed by atoms with E-state index in [9.17, 15) is 18.3 Å². The predicted octanol–water partition coefficient (Wildman–Crippen LogP) is 0.271. The predicted molar refractivity (Wildman–Crippen MR) is 68.7 cm³/mol. The second-order valence-electron chi connectivity index (χ2n) is 4.11. The SMILES string of the molecule is CS(=O)(=O)CCC(=O)NCC(O)c1ccccc1. The molecule has 18 heavy (non-hydrogen) atoms. The van der Waals surface area contributed by atoms with Crippen molar-refractivity contribution >= 4 is 15.7 Å². The maximum atomic E-state index is 11.3. The Morgan fingerprint density at radius 1 is 1.33 bits per heavy atom. The first kappa shape index (κ1) is 14.7. The van der Waals surface area contributed by atoms with Crippen LogP contribution in [0.5, 0.6) is 0 Å². The summed E-state index contributed by atoms with van der Waals surface area (Å²) in [4.78, 5) is 11.3. The number of benzene rings is 1. The molecule has 1 amide bonds. The van der Waals surface area contributed by atoms with Gasteiger partial charge in [0.1, 0.15) is 9.84 Å². The van der Waals surface area contributed by atoms with Gasteiger partial charge in [0.05, 0.1) is 11.9 Å². The van der Waals surface area contributed by atoms with Gasteiger partial charge in [-0.1, -0.05) is 30.3 Å². The highest BCUT2D eigenvalue weighted by Gasteiger charge is 2.11. The Hall–Kier alpha value is -1.40. The molecule has 0 fully saturated rings. The van der Waals surface area contributed by atoms with Crippen LogP contribution < -0.4 is 5.32 Å². The van der Waals surface area contributed by atoms with Gasteiger partial charge in [0.2, 0.25) is 5.91 Å². The average molecular weight is 271 g/mol. The number of sulfone groups is 1. The Kier molecular flexibility index (Phi) is 5.30. The summed E-state index contributed by atoms with van der Waals surface area (Å²) in [6.07, 6.45) is 0.216. The zero-order chi connectivity index (χ0) is 13.6. The molecule has 0 saturated carbocycles. The van der Waals surface area contributed by atoms with Crippen LogP contribution in [0.4, 0.5) is 0 Å². The van der Waals surface area contributed by atoms with Gasteiger partial charge in [-0.15, -0.1) is 0 Å². The smallest absolute Gasteiger partial charge is 0.221 e. The standard InChI is InChI=1S/C12H17NO4S/c1-18(16,17)8-7-12(15)13-9-11(14)10-5-3-2-4-6-10/h2-6,11,14H,7-9H2,1H3,(H,13,15). The molecule has 0 aromatic heterocycles. The molecule has 0 aliphatic carbocycles. The summed E-state index contributed by atoms with van der Waals surface area (Å²) in [5, 5.41) is 12.3. The van der Waals surface area contributed by atoms with Crippen molar-refractivity contribution in [1.82, 2.24) is 5.32 Å². The molecule has 0 radical (unpaired) electrons. The first-order chi connectivity index (χ1) is 8.38. The van der Waals surface area contributed by atoms with E-state index in [-0.39, 0.29) is 24.6 Å². The number of hydrogen-bond acceptors (Lipinski definition) is 4. The van der Waals surface area contributed by atoms with Gasteiger partial charge in [-0.2, -0.15) is 0 Å². The normalized spacial score (nSPS) is 13.0. The summed E-state index contributed by atoms with van der Waals surface area (Å²) in [6, 6.07) is 8.94. The average Bonchev–Trinajstić information content (AvgIpc) is 2.33. The van der Waals surface area contributed by atoms with Gasteiger partial charge < -0.3 is 10.4 Å². The number of amides is 1. The summed E-state index contributed by atoms with van der Waals surface area (Å²) >= 11 is 0. The Bertz CT molecular complexity index is 484. The molecule has 0 spiro atoms. The molecule has 0 heterocycles. The molecule has 1 aromatic rings. The van der Waals surface area contributed by atoms with Crippen LogP contribution in [0.15, 0.2) is 30.3 Å². The van der Waals surface area contributed by atoms with Crippen molar-refractivity contribution in [2.45, 2.75) is 12.5 Å². The summed E-state index contributed by atoms with van der Waals surface area (Å²) in [6.45, 7) is 0.0760. The second-order valence-corrected chi connectivity index (χ2v) is 6.37. The molecule has 1 unspecified atom stereocenters.